The van der Waals surface area contributed by atoms with Crippen LogP contribution >= 0.6 is 27.5 Å². The zero-order chi connectivity index (χ0) is 11.5. The Balaban J connectivity index is 2.02. The maximum atomic E-state index is 5.92. The van der Waals surface area contributed by atoms with Crippen molar-refractivity contribution in [1.82, 2.24) is 4.90 Å². The van der Waals surface area contributed by atoms with Crippen LogP contribution in [-0.2, 0) is 0 Å². The van der Waals surface area contributed by atoms with E-state index in [4.69, 9.17) is 11.6 Å². The fourth-order valence-corrected chi connectivity index (χ4v) is 2.91. The fraction of sp³-hybridized carbons (Fsp3) is 0.500. The third-order valence-corrected chi connectivity index (χ3v) is 3.81. The highest BCUT2D eigenvalue weighted by molar-refractivity contribution is 9.10. The van der Waals surface area contributed by atoms with Crippen LogP contribution in [0.2, 0.25) is 5.02 Å². The summed E-state index contributed by atoms with van der Waals surface area (Å²) in [5.74, 6) is 0. The van der Waals surface area contributed by atoms with E-state index in [1.54, 1.807) is 0 Å². The lowest BCUT2D eigenvalue weighted by Gasteiger charge is -2.31. The van der Waals surface area contributed by atoms with Crippen molar-refractivity contribution in [3.63, 3.8) is 0 Å². The van der Waals surface area contributed by atoms with Crippen molar-refractivity contribution in [3.05, 3.63) is 27.7 Å². The quantitative estimate of drug-likeness (QED) is 0.898. The van der Waals surface area contributed by atoms with E-state index < -0.39 is 0 Å². The largest absolute Gasteiger partial charge is 0.380 e. The number of halogens is 2. The minimum Gasteiger partial charge on any atom is -0.380 e. The van der Waals surface area contributed by atoms with Crippen molar-refractivity contribution in [2.75, 3.05) is 25.5 Å². The number of likely N-dealkylation sites (N-methyl/N-ethyl adjacent to an activating group) is 1. The topological polar surface area (TPSA) is 15.3 Å². The van der Waals surface area contributed by atoms with Crippen LogP contribution in [0.1, 0.15) is 12.8 Å². The molecule has 0 saturated carbocycles. The summed E-state index contributed by atoms with van der Waals surface area (Å²) in [7, 11) is 2.17. The molecule has 0 radical (unpaired) electrons. The number of hydrogen-bond donors (Lipinski definition) is 1. The minimum atomic E-state index is 0.538. The van der Waals surface area contributed by atoms with Crippen LogP contribution in [0.15, 0.2) is 22.7 Å². The normalized spacial score (nSPS) is 22.1. The molecule has 1 aromatic rings. The fourth-order valence-electron chi connectivity index (χ4n) is 2.11. The van der Waals surface area contributed by atoms with Crippen LogP contribution in [0.25, 0.3) is 0 Å². The first kappa shape index (κ1) is 12.2. The molecule has 0 spiro atoms. The molecule has 1 atom stereocenters. The molecule has 0 bridgehead atoms. The summed E-state index contributed by atoms with van der Waals surface area (Å²) in [6.07, 6.45) is 2.50. The molecule has 1 heterocycles. The highest BCUT2D eigenvalue weighted by Gasteiger charge is 2.17. The maximum absolute atomic E-state index is 5.92. The average Bonchev–Trinajstić information content (AvgIpc) is 2.22. The third kappa shape index (κ3) is 3.12. The molecule has 1 saturated heterocycles. The minimum absolute atomic E-state index is 0.538. The Hall–Kier alpha value is -0.250. The zero-order valence-electron chi connectivity index (χ0n) is 9.34. The molecular formula is C12H16BrClN2. The summed E-state index contributed by atoms with van der Waals surface area (Å²) < 4.78 is 1.04. The van der Waals surface area contributed by atoms with Crippen LogP contribution in [0.4, 0.5) is 5.69 Å². The standard InChI is InChI=1S/C12H16BrClN2/c1-16-6-2-3-10(8-16)15-12-5-4-9(14)7-11(12)13/h4-5,7,10,15H,2-3,6,8H2,1H3. The van der Waals surface area contributed by atoms with Gasteiger partial charge in [-0.25, -0.2) is 0 Å². The Bertz CT molecular complexity index is 370. The van der Waals surface area contributed by atoms with Crippen molar-refractivity contribution in [3.8, 4) is 0 Å². The predicted molar refractivity (Wildman–Crippen MR) is 73.3 cm³/mol. The number of likely N-dealkylation sites (tertiary alicyclic amines) is 1. The molecule has 1 fully saturated rings. The second-order valence-electron chi connectivity index (χ2n) is 4.37. The van der Waals surface area contributed by atoms with Gasteiger partial charge in [0.1, 0.15) is 0 Å². The summed E-state index contributed by atoms with van der Waals surface area (Å²) >= 11 is 9.45. The van der Waals surface area contributed by atoms with E-state index in [1.165, 1.54) is 19.4 Å². The Kier molecular flexibility index (Phi) is 4.11. The zero-order valence-corrected chi connectivity index (χ0v) is 11.7. The maximum Gasteiger partial charge on any atom is 0.0488 e. The Labute approximate surface area is 110 Å². The predicted octanol–water partition coefficient (Wildman–Crippen LogP) is 3.61. The number of piperidine rings is 1. The van der Waals surface area contributed by atoms with Crippen LogP contribution in [-0.4, -0.2) is 31.1 Å². The van der Waals surface area contributed by atoms with E-state index in [0.29, 0.717) is 6.04 Å². The molecule has 1 unspecified atom stereocenters. The Morgan fingerprint density at radius 2 is 2.31 bits per heavy atom. The highest BCUT2D eigenvalue weighted by Crippen LogP contribution is 2.27. The van der Waals surface area contributed by atoms with E-state index in [9.17, 15) is 0 Å². The lowest BCUT2D eigenvalue weighted by molar-refractivity contribution is 0.261. The second kappa shape index (κ2) is 5.39. The molecule has 0 amide bonds. The van der Waals surface area contributed by atoms with Gasteiger partial charge in [0.25, 0.3) is 0 Å². The molecule has 1 aromatic carbocycles. The van der Waals surface area contributed by atoms with Gasteiger partial charge in [-0.1, -0.05) is 11.6 Å². The molecule has 1 N–H and O–H groups in total. The molecule has 4 heteroatoms. The van der Waals surface area contributed by atoms with Gasteiger partial charge in [-0.3, -0.25) is 0 Å². The number of nitrogens with one attached hydrogen (secondary N) is 1. The Morgan fingerprint density at radius 3 is 3.00 bits per heavy atom. The van der Waals surface area contributed by atoms with Crippen LogP contribution in [0, 0.1) is 0 Å². The van der Waals surface area contributed by atoms with E-state index in [2.05, 4.69) is 33.2 Å². The van der Waals surface area contributed by atoms with Crippen molar-refractivity contribution < 1.29 is 0 Å². The van der Waals surface area contributed by atoms with Gasteiger partial charge in [0.2, 0.25) is 0 Å². The van der Waals surface area contributed by atoms with Crippen molar-refractivity contribution in [1.29, 1.82) is 0 Å². The molecule has 88 valence electrons. The van der Waals surface area contributed by atoms with Gasteiger partial charge in [0, 0.05) is 27.8 Å². The summed E-state index contributed by atoms with van der Waals surface area (Å²) in [5, 5.41) is 4.32. The molecule has 0 aromatic heterocycles. The first-order valence-electron chi connectivity index (χ1n) is 5.55. The Morgan fingerprint density at radius 1 is 1.50 bits per heavy atom. The lowest BCUT2D eigenvalue weighted by Crippen LogP contribution is -2.39. The van der Waals surface area contributed by atoms with Crippen molar-refractivity contribution in [2.24, 2.45) is 0 Å². The van der Waals surface area contributed by atoms with E-state index in [1.807, 2.05) is 18.2 Å². The third-order valence-electron chi connectivity index (χ3n) is 2.92. The summed E-state index contributed by atoms with van der Waals surface area (Å²) in [4.78, 5) is 2.37. The van der Waals surface area contributed by atoms with Gasteiger partial charge in [-0.15, -0.1) is 0 Å². The smallest absolute Gasteiger partial charge is 0.0488 e. The first-order chi connectivity index (χ1) is 7.65. The van der Waals surface area contributed by atoms with E-state index in [0.717, 1.165) is 21.7 Å². The van der Waals surface area contributed by atoms with Gasteiger partial charge in [0.05, 0.1) is 0 Å². The van der Waals surface area contributed by atoms with Gasteiger partial charge < -0.3 is 10.2 Å². The number of anilines is 1. The second-order valence-corrected chi connectivity index (χ2v) is 5.66. The van der Waals surface area contributed by atoms with Gasteiger partial charge >= 0.3 is 0 Å². The number of benzene rings is 1. The highest BCUT2D eigenvalue weighted by atomic mass is 79.9. The molecule has 1 aliphatic heterocycles. The van der Waals surface area contributed by atoms with Crippen LogP contribution in [0.3, 0.4) is 0 Å². The first-order valence-corrected chi connectivity index (χ1v) is 6.72. The lowest BCUT2D eigenvalue weighted by atomic mass is 10.1. The number of rotatable bonds is 2. The number of nitrogens with zero attached hydrogens (tertiary/aromatic N) is 1. The summed E-state index contributed by atoms with van der Waals surface area (Å²) in [6, 6.07) is 6.41. The summed E-state index contributed by atoms with van der Waals surface area (Å²) in [6.45, 7) is 2.31. The average molecular weight is 304 g/mol. The monoisotopic (exact) mass is 302 g/mol. The molecule has 0 aliphatic carbocycles. The SMILES string of the molecule is CN1CCCC(Nc2ccc(Cl)cc2Br)C1. The van der Waals surface area contributed by atoms with E-state index in [-0.39, 0.29) is 0 Å². The number of hydrogen-bond acceptors (Lipinski definition) is 2. The molecule has 2 nitrogen and oxygen atoms in total. The summed E-state index contributed by atoms with van der Waals surface area (Å²) in [5.41, 5.74) is 1.13. The molecule has 2 rings (SSSR count). The van der Waals surface area contributed by atoms with Gasteiger partial charge in [-0.2, -0.15) is 0 Å². The van der Waals surface area contributed by atoms with Crippen molar-refractivity contribution in [2.45, 2.75) is 18.9 Å². The van der Waals surface area contributed by atoms with Crippen molar-refractivity contribution >= 4 is 33.2 Å². The molecule has 16 heavy (non-hydrogen) atoms. The van der Waals surface area contributed by atoms with Crippen LogP contribution in [0.5, 0.6) is 0 Å². The molecule has 1 aliphatic rings. The molecular weight excluding hydrogens is 288 g/mol. The van der Waals surface area contributed by atoms with E-state index >= 15 is 0 Å². The van der Waals surface area contributed by atoms with Gasteiger partial charge in [0.15, 0.2) is 0 Å². The van der Waals surface area contributed by atoms with Gasteiger partial charge in [-0.05, 0) is 60.6 Å². The van der Waals surface area contributed by atoms with Crippen LogP contribution < -0.4 is 5.32 Å².